The maximum absolute atomic E-state index is 9.84. The summed E-state index contributed by atoms with van der Waals surface area (Å²) in [7, 11) is 0. The monoisotopic (exact) mass is 257 g/mol. The molecule has 0 aliphatic carbocycles. The highest BCUT2D eigenvalue weighted by molar-refractivity contribution is 4.76. The Morgan fingerprint density at radius 2 is 1.72 bits per heavy atom. The summed E-state index contributed by atoms with van der Waals surface area (Å²) in [5.74, 6) is 0.760. The van der Waals surface area contributed by atoms with Crippen molar-refractivity contribution in [1.29, 1.82) is 0 Å². The highest BCUT2D eigenvalue weighted by atomic mass is 16.3. The average Bonchev–Trinajstić information content (AvgIpc) is 2.30. The van der Waals surface area contributed by atoms with E-state index in [0.29, 0.717) is 6.54 Å². The molecule has 0 amide bonds. The Morgan fingerprint density at radius 1 is 1.17 bits per heavy atom. The Balaban J connectivity index is 2.12. The molecule has 1 heterocycles. The molecule has 0 bridgehead atoms. The SMILES string of the molecule is CC(C)CN1CCN(CCCC(C)(O)CN)CC1. The molecule has 0 saturated carbocycles. The first-order valence-corrected chi connectivity index (χ1v) is 7.30. The predicted octanol–water partition coefficient (Wildman–Crippen LogP) is 0.750. The Labute approximate surface area is 112 Å². The van der Waals surface area contributed by atoms with Gasteiger partial charge >= 0.3 is 0 Å². The summed E-state index contributed by atoms with van der Waals surface area (Å²) in [5.41, 5.74) is 4.84. The van der Waals surface area contributed by atoms with Gasteiger partial charge in [0.05, 0.1) is 5.60 Å². The van der Waals surface area contributed by atoms with Gasteiger partial charge in [-0.2, -0.15) is 0 Å². The van der Waals surface area contributed by atoms with Crippen LogP contribution in [0.1, 0.15) is 33.6 Å². The minimum Gasteiger partial charge on any atom is -0.389 e. The number of piperazine rings is 1. The lowest BCUT2D eigenvalue weighted by atomic mass is 10.0. The maximum atomic E-state index is 9.84. The highest BCUT2D eigenvalue weighted by Gasteiger charge is 2.20. The molecule has 1 rings (SSSR count). The van der Waals surface area contributed by atoms with Crippen molar-refractivity contribution in [3.63, 3.8) is 0 Å². The number of hydrogen-bond donors (Lipinski definition) is 2. The van der Waals surface area contributed by atoms with Gasteiger partial charge in [0.15, 0.2) is 0 Å². The number of aliphatic hydroxyl groups is 1. The molecule has 4 heteroatoms. The zero-order valence-electron chi connectivity index (χ0n) is 12.4. The Hall–Kier alpha value is -0.160. The molecule has 1 aliphatic heterocycles. The third-order valence-electron chi connectivity index (χ3n) is 3.72. The van der Waals surface area contributed by atoms with E-state index in [1.165, 1.54) is 19.6 Å². The average molecular weight is 257 g/mol. The van der Waals surface area contributed by atoms with E-state index in [0.717, 1.165) is 38.4 Å². The van der Waals surface area contributed by atoms with E-state index >= 15 is 0 Å². The Kier molecular flexibility index (Phi) is 6.57. The van der Waals surface area contributed by atoms with Gasteiger partial charge in [0.25, 0.3) is 0 Å². The lowest BCUT2D eigenvalue weighted by Crippen LogP contribution is -2.47. The van der Waals surface area contributed by atoms with Gasteiger partial charge < -0.3 is 20.6 Å². The van der Waals surface area contributed by atoms with Crippen LogP contribution in [0.2, 0.25) is 0 Å². The zero-order valence-corrected chi connectivity index (χ0v) is 12.4. The van der Waals surface area contributed by atoms with Crippen LogP contribution in [0.25, 0.3) is 0 Å². The van der Waals surface area contributed by atoms with Crippen molar-refractivity contribution in [1.82, 2.24) is 9.80 Å². The number of rotatable bonds is 7. The Bertz CT molecular complexity index is 223. The van der Waals surface area contributed by atoms with E-state index in [9.17, 15) is 5.11 Å². The van der Waals surface area contributed by atoms with Crippen LogP contribution in [0.4, 0.5) is 0 Å². The smallest absolute Gasteiger partial charge is 0.0741 e. The molecule has 1 saturated heterocycles. The van der Waals surface area contributed by atoms with Gasteiger partial charge in [-0.05, 0) is 32.2 Å². The molecule has 0 aromatic rings. The molecular weight excluding hydrogens is 226 g/mol. The van der Waals surface area contributed by atoms with Crippen LogP contribution >= 0.6 is 0 Å². The fraction of sp³-hybridized carbons (Fsp3) is 1.00. The minimum absolute atomic E-state index is 0.356. The molecule has 1 atom stereocenters. The van der Waals surface area contributed by atoms with Crippen LogP contribution in [0.3, 0.4) is 0 Å². The van der Waals surface area contributed by atoms with E-state index in [-0.39, 0.29) is 0 Å². The zero-order chi connectivity index (χ0) is 13.6. The quantitative estimate of drug-likeness (QED) is 0.707. The van der Waals surface area contributed by atoms with E-state index in [2.05, 4.69) is 23.6 Å². The fourth-order valence-corrected chi connectivity index (χ4v) is 2.50. The van der Waals surface area contributed by atoms with Crippen LogP contribution in [0, 0.1) is 5.92 Å². The molecular formula is C14H31N3O. The topological polar surface area (TPSA) is 52.7 Å². The summed E-state index contributed by atoms with van der Waals surface area (Å²) in [6.45, 7) is 13.7. The molecule has 0 aromatic heterocycles. The van der Waals surface area contributed by atoms with Gasteiger partial charge in [-0.3, -0.25) is 0 Å². The molecule has 0 aromatic carbocycles. The van der Waals surface area contributed by atoms with Crippen LogP contribution in [-0.4, -0.2) is 66.3 Å². The van der Waals surface area contributed by atoms with E-state index in [1.807, 2.05) is 6.92 Å². The molecule has 1 aliphatic rings. The number of hydrogen-bond acceptors (Lipinski definition) is 4. The third-order valence-corrected chi connectivity index (χ3v) is 3.72. The normalized spacial score (nSPS) is 22.3. The molecule has 1 fully saturated rings. The fourth-order valence-electron chi connectivity index (χ4n) is 2.50. The lowest BCUT2D eigenvalue weighted by Gasteiger charge is -2.35. The largest absolute Gasteiger partial charge is 0.389 e. The Morgan fingerprint density at radius 3 is 2.22 bits per heavy atom. The van der Waals surface area contributed by atoms with E-state index in [4.69, 9.17) is 5.73 Å². The summed E-state index contributed by atoms with van der Waals surface area (Å²) in [6.07, 6.45) is 1.84. The van der Waals surface area contributed by atoms with Crippen LogP contribution < -0.4 is 5.73 Å². The molecule has 108 valence electrons. The second-order valence-electron chi connectivity index (χ2n) is 6.34. The van der Waals surface area contributed by atoms with E-state index in [1.54, 1.807) is 0 Å². The van der Waals surface area contributed by atoms with Crippen LogP contribution in [-0.2, 0) is 0 Å². The number of nitrogens with zero attached hydrogens (tertiary/aromatic N) is 2. The second-order valence-corrected chi connectivity index (χ2v) is 6.34. The molecule has 1 unspecified atom stereocenters. The third kappa shape index (κ3) is 6.14. The van der Waals surface area contributed by atoms with Crippen molar-refractivity contribution in [2.24, 2.45) is 11.7 Å². The van der Waals surface area contributed by atoms with Gasteiger partial charge in [-0.15, -0.1) is 0 Å². The molecule has 0 radical (unpaired) electrons. The van der Waals surface area contributed by atoms with Crippen molar-refractivity contribution >= 4 is 0 Å². The van der Waals surface area contributed by atoms with Crippen molar-refractivity contribution in [2.45, 2.75) is 39.2 Å². The van der Waals surface area contributed by atoms with E-state index < -0.39 is 5.60 Å². The molecule has 4 nitrogen and oxygen atoms in total. The summed E-state index contributed by atoms with van der Waals surface area (Å²) in [4.78, 5) is 5.06. The molecule has 18 heavy (non-hydrogen) atoms. The highest BCUT2D eigenvalue weighted by Crippen LogP contribution is 2.12. The van der Waals surface area contributed by atoms with Gasteiger partial charge in [0.1, 0.15) is 0 Å². The van der Waals surface area contributed by atoms with Gasteiger partial charge in [-0.25, -0.2) is 0 Å². The first-order valence-electron chi connectivity index (χ1n) is 7.30. The van der Waals surface area contributed by atoms with Gasteiger partial charge in [0, 0.05) is 39.3 Å². The molecule has 0 spiro atoms. The second kappa shape index (κ2) is 7.43. The van der Waals surface area contributed by atoms with Gasteiger partial charge in [-0.1, -0.05) is 13.8 Å². The molecule has 3 N–H and O–H groups in total. The number of nitrogens with two attached hydrogens (primary N) is 1. The first kappa shape index (κ1) is 15.9. The maximum Gasteiger partial charge on any atom is 0.0741 e. The summed E-state index contributed by atoms with van der Waals surface area (Å²) in [5, 5.41) is 9.84. The van der Waals surface area contributed by atoms with Crippen molar-refractivity contribution < 1.29 is 5.11 Å². The first-order chi connectivity index (χ1) is 8.43. The van der Waals surface area contributed by atoms with Crippen molar-refractivity contribution in [3.05, 3.63) is 0 Å². The summed E-state index contributed by atoms with van der Waals surface area (Å²) in [6, 6.07) is 0. The van der Waals surface area contributed by atoms with Crippen LogP contribution in [0.15, 0.2) is 0 Å². The predicted molar refractivity (Wildman–Crippen MR) is 76.6 cm³/mol. The minimum atomic E-state index is -0.681. The van der Waals surface area contributed by atoms with Crippen molar-refractivity contribution in [2.75, 3.05) is 45.8 Å². The van der Waals surface area contributed by atoms with Gasteiger partial charge in [0.2, 0.25) is 0 Å². The standard InChI is InChI=1S/C14H31N3O/c1-13(2)11-17-9-7-16(8-10-17)6-4-5-14(3,18)12-15/h13,18H,4-12,15H2,1-3H3. The summed E-state index contributed by atoms with van der Waals surface area (Å²) < 4.78 is 0. The summed E-state index contributed by atoms with van der Waals surface area (Å²) >= 11 is 0. The van der Waals surface area contributed by atoms with Crippen LogP contribution in [0.5, 0.6) is 0 Å². The lowest BCUT2D eigenvalue weighted by molar-refractivity contribution is 0.0507. The van der Waals surface area contributed by atoms with Crippen molar-refractivity contribution in [3.8, 4) is 0 Å².